The van der Waals surface area contributed by atoms with Gasteiger partial charge in [0.15, 0.2) is 0 Å². The van der Waals surface area contributed by atoms with Crippen molar-refractivity contribution < 1.29 is 14.5 Å². The van der Waals surface area contributed by atoms with E-state index in [1.165, 1.54) is 13.0 Å². The molecule has 0 radical (unpaired) electrons. The van der Waals surface area contributed by atoms with Gasteiger partial charge in [0.05, 0.1) is 9.95 Å². The smallest absolute Gasteiger partial charge is 0.308 e. The fourth-order valence-electron chi connectivity index (χ4n) is 1.07. The largest absolute Gasteiger partial charge is 0.425 e. The maximum atomic E-state index is 10.7. The Kier molecular flexibility index (Phi) is 3.26. The van der Waals surface area contributed by atoms with Gasteiger partial charge in [-0.15, -0.1) is 0 Å². The molecule has 0 spiro atoms. The summed E-state index contributed by atoms with van der Waals surface area (Å²) in [4.78, 5) is 20.7. The molecule has 0 aliphatic carbocycles. The molecule has 0 heterocycles. The predicted molar refractivity (Wildman–Crippen MR) is 54.2 cm³/mol. The molecule has 0 aromatic heterocycles. The number of hydrogen-bond donors (Lipinski definition) is 0. The number of rotatable bonds is 2. The summed E-state index contributed by atoms with van der Waals surface area (Å²) in [6.45, 7) is 2.77. The molecule has 0 saturated carbocycles. The van der Waals surface area contributed by atoms with Crippen LogP contribution < -0.4 is 4.74 Å². The molecule has 15 heavy (non-hydrogen) atoms. The van der Waals surface area contributed by atoms with E-state index >= 15 is 0 Å². The van der Waals surface area contributed by atoms with Crippen LogP contribution in [0.1, 0.15) is 12.5 Å². The summed E-state index contributed by atoms with van der Waals surface area (Å²) in [6, 6.07) is 2.52. The third-order valence-corrected chi connectivity index (χ3v) is 2.00. The Morgan fingerprint density at radius 3 is 2.60 bits per heavy atom. The normalized spacial score (nSPS) is 9.80. The van der Waals surface area contributed by atoms with Gasteiger partial charge in [0.2, 0.25) is 0 Å². The molecule has 5 nitrogen and oxygen atoms in total. The Balaban J connectivity index is 3.19. The van der Waals surface area contributed by atoms with Crippen LogP contribution in [0.15, 0.2) is 12.1 Å². The van der Waals surface area contributed by atoms with Crippen molar-refractivity contribution >= 4 is 23.3 Å². The molecule has 80 valence electrons. The van der Waals surface area contributed by atoms with Crippen LogP contribution in [-0.2, 0) is 4.79 Å². The summed E-state index contributed by atoms with van der Waals surface area (Å²) < 4.78 is 4.77. The van der Waals surface area contributed by atoms with Gasteiger partial charge in [-0.1, -0.05) is 11.6 Å². The van der Waals surface area contributed by atoms with Gasteiger partial charge in [-0.3, -0.25) is 14.9 Å². The quantitative estimate of drug-likeness (QED) is 0.338. The Hall–Kier alpha value is -1.62. The molecule has 0 fully saturated rings. The number of halogens is 1. The van der Waals surface area contributed by atoms with Crippen molar-refractivity contribution in [3.8, 4) is 5.75 Å². The van der Waals surface area contributed by atoms with Gasteiger partial charge in [-0.25, -0.2) is 0 Å². The van der Waals surface area contributed by atoms with E-state index in [1.807, 2.05) is 0 Å². The van der Waals surface area contributed by atoms with Gasteiger partial charge in [0.1, 0.15) is 5.75 Å². The molecule has 1 rings (SSSR count). The molecule has 1 aromatic rings. The van der Waals surface area contributed by atoms with Crippen molar-refractivity contribution in [1.82, 2.24) is 0 Å². The van der Waals surface area contributed by atoms with Crippen molar-refractivity contribution in [3.05, 3.63) is 32.8 Å². The van der Waals surface area contributed by atoms with E-state index in [1.54, 1.807) is 6.92 Å². The Bertz CT molecular complexity index is 430. The summed E-state index contributed by atoms with van der Waals surface area (Å²) in [5.41, 5.74) is 0.288. The van der Waals surface area contributed by atoms with Crippen molar-refractivity contribution in [3.63, 3.8) is 0 Å². The lowest BCUT2D eigenvalue weighted by Gasteiger charge is -2.05. The van der Waals surface area contributed by atoms with Crippen molar-refractivity contribution in [2.24, 2.45) is 0 Å². The van der Waals surface area contributed by atoms with Crippen LogP contribution in [0.4, 0.5) is 5.69 Å². The average molecular weight is 230 g/mol. The number of hydrogen-bond acceptors (Lipinski definition) is 4. The summed E-state index contributed by atoms with van der Waals surface area (Å²) in [7, 11) is 0. The number of nitro benzene ring substituents is 1. The first-order valence-electron chi connectivity index (χ1n) is 4.04. The SMILES string of the molecule is CC(=O)Oc1cc(C)c([N+](=O)[O-])cc1Cl. The van der Waals surface area contributed by atoms with Crippen molar-refractivity contribution in [1.29, 1.82) is 0 Å². The third kappa shape index (κ3) is 2.66. The van der Waals surface area contributed by atoms with E-state index in [0.717, 1.165) is 6.07 Å². The second-order valence-corrected chi connectivity index (χ2v) is 3.33. The lowest BCUT2D eigenvalue weighted by atomic mass is 10.2. The summed E-state index contributed by atoms with van der Waals surface area (Å²) in [5, 5.41) is 10.6. The molecule has 0 saturated heterocycles. The minimum atomic E-state index is -0.543. The van der Waals surface area contributed by atoms with Gasteiger partial charge < -0.3 is 4.74 Å². The highest BCUT2D eigenvalue weighted by molar-refractivity contribution is 6.32. The number of ether oxygens (including phenoxy) is 1. The van der Waals surface area contributed by atoms with Gasteiger partial charge in [0.25, 0.3) is 5.69 Å². The highest BCUT2D eigenvalue weighted by Crippen LogP contribution is 2.31. The number of carbonyl (C=O) groups excluding carboxylic acids is 1. The molecule has 0 N–H and O–H groups in total. The fraction of sp³-hybridized carbons (Fsp3) is 0.222. The third-order valence-electron chi connectivity index (χ3n) is 1.70. The van der Waals surface area contributed by atoms with Crippen molar-refractivity contribution in [2.45, 2.75) is 13.8 Å². The molecular formula is C9H8ClNO4. The molecule has 0 aliphatic heterocycles. The number of nitrogens with zero attached hydrogens (tertiary/aromatic N) is 1. The van der Waals surface area contributed by atoms with E-state index in [-0.39, 0.29) is 16.5 Å². The van der Waals surface area contributed by atoms with E-state index in [2.05, 4.69) is 0 Å². The first kappa shape index (κ1) is 11.5. The lowest BCUT2D eigenvalue weighted by molar-refractivity contribution is -0.385. The first-order valence-corrected chi connectivity index (χ1v) is 4.42. The molecule has 0 atom stereocenters. The van der Waals surface area contributed by atoms with E-state index in [9.17, 15) is 14.9 Å². The second kappa shape index (κ2) is 4.27. The van der Waals surface area contributed by atoms with Crippen LogP contribution in [0.2, 0.25) is 5.02 Å². The highest BCUT2D eigenvalue weighted by Gasteiger charge is 2.15. The summed E-state index contributed by atoms with van der Waals surface area (Å²) in [5.74, 6) is -0.391. The molecular weight excluding hydrogens is 222 g/mol. The predicted octanol–water partition coefficient (Wildman–Crippen LogP) is 2.48. The zero-order chi connectivity index (χ0) is 11.6. The number of benzene rings is 1. The molecule has 1 aromatic carbocycles. The van der Waals surface area contributed by atoms with Crippen LogP contribution in [0.5, 0.6) is 5.75 Å². The maximum Gasteiger partial charge on any atom is 0.308 e. The van der Waals surface area contributed by atoms with Gasteiger partial charge in [0, 0.05) is 18.6 Å². The molecule has 0 bridgehead atoms. The summed E-state index contributed by atoms with van der Waals surface area (Å²) >= 11 is 5.71. The fourth-order valence-corrected chi connectivity index (χ4v) is 1.27. The number of nitro groups is 1. The molecule has 0 unspecified atom stereocenters. The van der Waals surface area contributed by atoms with Crippen LogP contribution in [-0.4, -0.2) is 10.9 Å². The summed E-state index contributed by atoms with van der Waals surface area (Å²) in [6.07, 6.45) is 0. The van der Waals surface area contributed by atoms with E-state index in [0.29, 0.717) is 5.56 Å². The van der Waals surface area contributed by atoms with Gasteiger partial charge in [-0.05, 0) is 13.0 Å². The van der Waals surface area contributed by atoms with Gasteiger partial charge in [-0.2, -0.15) is 0 Å². The Morgan fingerprint density at radius 2 is 2.13 bits per heavy atom. The standard InChI is InChI=1S/C9H8ClNO4/c1-5-3-9(15-6(2)12)7(10)4-8(5)11(13)14/h3-4H,1-2H3. The topological polar surface area (TPSA) is 69.4 Å². The first-order chi connectivity index (χ1) is 6.91. The molecule has 6 heteroatoms. The van der Waals surface area contributed by atoms with Crippen LogP contribution in [0.3, 0.4) is 0 Å². The molecule has 0 aliphatic rings. The van der Waals surface area contributed by atoms with E-state index < -0.39 is 10.9 Å². The van der Waals surface area contributed by atoms with E-state index in [4.69, 9.17) is 16.3 Å². The lowest BCUT2D eigenvalue weighted by Crippen LogP contribution is -2.03. The maximum absolute atomic E-state index is 10.7. The minimum absolute atomic E-state index is 0.0440. The second-order valence-electron chi connectivity index (χ2n) is 2.92. The Morgan fingerprint density at radius 1 is 1.53 bits per heavy atom. The number of carbonyl (C=O) groups is 1. The van der Waals surface area contributed by atoms with Crippen LogP contribution in [0, 0.1) is 17.0 Å². The Labute approximate surface area is 90.8 Å². The monoisotopic (exact) mass is 229 g/mol. The highest BCUT2D eigenvalue weighted by atomic mass is 35.5. The zero-order valence-electron chi connectivity index (χ0n) is 8.11. The van der Waals surface area contributed by atoms with Crippen LogP contribution >= 0.6 is 11.6 Å². The zero-order valence-corrected chi connectivity index (χ0v) is 8.87. The van der Waals surface area contributed by atoms with Crippen LogP contribution in [0.25, 0.3) is 0 Å². The number of esters is 1. The average Bonchev–Trinajstić information content (AvgIpc) is 2.09. The van der Waals surface area contributed by atoms with Gasteiger partial charge >= 0.3 is 5.97 Å². The molecule has 0 amide bonds. The number of aryl methyl sites for hydroxylation is 1. The van der Waals surface area contributed by atoms with Crippen molar-refractivity contribution in [2.75, 3.05) is 0 Å². The minimum Gasteiger partial charge on any atom is -0.425 e.